The number of hydrogen-bond donors (Lipinski definition) is 3. The van der Waals surface area contributed by atoms with E-state index in [9.17, 15) is 27.9 Å². The van der Waals surface area contributed by atoms with Crippen LogP contribution in [0.25, 0.3) is 11.1 Å². The number of fused-ring (bicyclic) bond motifs is 1. The fourth-order valence-electron chi connectivity index (χ4n) is 5.97. The van der Waals surface area contributed by atoms with Gasteiger partial charge in [-0.1, -0.05) is 42.5 Å². The normalized spacial score (nSPS) is 17.9. The Morgan fingerprint density at radius 2 is 1.86 bits per heavy atom. The summed E-state index contributed by atoms with van der Waals surface area (Å²) in [5.74, 6) is -1.55. The maximum atomic E-state index is 13.2. The zero-order chi connectivity index (χ0) is 30.4. The van der Waals surface area contributed by atoms with Crippen molar-refractivity contribution < 1.29 is 27.9 Å². The van der Waals surface area contributed by atoms with E-state index in [-0.39, 0.29) is 18.4 Å². The minimum Gasteiger partial charge on any atom is -0.481 e. The first-order valence-corrected chi connectivity index (χ1v) is 14.9. The number of aromatic nitrogens is 1. The monoisotopic (exact) mass is 594 g/mol. The third-order valence-electron chi connectivity index (χ3n) is 8.33. The van der Waals surface area contributed by atoms with Crippen LogP contribution in [-0.2, 0) is 28.6 Å². The molecule has 0 aliphatic carbocycles. The lowest BCUT2D eigenvalue weighted by Gasteiger charge is -2.32. The molecule has 0 unspecified atom stereocenters. The Bertz CT molecular complexity index is 1440. The van der Waals surface area contributed by atoms with E-state index in [4.69, 9.17) is 4.98 Å². The zero-order valence-corrected chi connectivity index (χ0v) is 24.0. The highest BCUT2D eigenvalue weighted by molar-refractivity contribution is 5.82. The van der Waals surface area contributed by atoms with Gasteiger partial charge in [0.25, 0.3) is 0 Å². The van der Waals surface area contributed by atoms with Gasteiger partial charge in [-0.15, -0.1) is 0 Å². The van der Waals surface area contributed by atoms with E-state index in [2.05, 4.69) is 27.7 Å². The van der Waals surface area contributed by atoms with E-state index in [1.807, 2.05) is 0 Å². The average Bonchev–Trinajstić information content (AvgIpc) is 3.01. The van der Waals surface area contributed by atoms with Crippen LogP contribution in [-0.4, -0.2) is 59.6 Å². The lowest BCUT2D eigenvalue weighted by Crippen LogP contribution is -2.44. The van der Waals surface area contributed by atoms with Crippen LogP contribution < -0.4 is 10.6 Å². The van der Waals surface area contributed by atoms with E-state index < -0.39 is 23.6 Å². The molecule has 1 saturated heterocycles. The van der Waals surface area contributed by atoms with Gasteiger partial charge in [-0.2, -0.15) is 13.2 Å². The van der Waals surface area contributed by atoms with Crippen LogP contribution in [0, 0.1) is 5.92 Å². The van der Waals surface area contributed by atoms with Gasteiger partial charge in [-0.05, 0) is 92.1 Å². The Morgan fingerprint density at radius 3 is 2.65 bits per heavy atom. The van der Waals surface area contributed by atoms with Crippen LogP contribution in [0.15, 0.2) is 60.7 Å². The minimum atomic E-state index is -4.48. The number of carboxylic acid groups (broad SMARTS) is 1. The first-order chi connectivity index (χ1) is 20.7. The number of carbonyl (C=O) groups is 2. The smallest absolute Gasteiger partial charge is 0.416 e. The number of halogens is 3. The van der Waals surface area contributed by atoms with E-state index in [0.717, 1.165) is 81.8 Å². The van der Waals surface area contributed by atoms with Gasteiger partial charge in [-0.3, -0.25) is 9.59 Å². The molecule has 5 rings (SSSR count). The van der Waals surface area contributed by atoms with Gasteiger partial charge < -0.3 is 20.6 Å². The molecule has 2 aromatic carbocycles. The quantitative estimate of drug-likeness (QED) is 0.277. The van der Waals surface area contributed by atoms with Crippen LogP contribution in [0.3, 0.4) is 0 Å². The summed E-state index contributed by atoms with van der Waals surface area (Å²) in [5, 5.41) is 16.2. The SMILES string of the molecule is O=C(NC[C@H](C(=O)O)c1cccc(-c2cccc(C(F)(F)F)c2)c1)[C@@H]1CCCN(CCCc2ccc3c(n2)NCCC3)C1. The van der Waals surface area contributed by atoms with Crippen molar-refractivity contribution in [2.45, 2.75) is 50.6 Å². The first-order valence-electron chi connectivity index (χ1n) is 14.9. The molecule has 1 fully saturated rings. The number of hydrogen-bond acceptors (Lipinski definition) is 5. The number of anilines is 1. The maximum Gasteiger partial charge on any atom is 0.416 e. The molecule has 2 aliphatic heterocycles. The summed E-state index contributed by atoms with van der Waals surface area (Å²) in [7, 11) is 0. The van der Waals surface area contributed by atoms with Crippen molar-refractivity contribution in [3.63, 3.8) is 0 Å². The third kappa shape index (κ3) is 7.93. The summed E-state index contributed by atoms with van der Waals surface area (Å²) in [4.78, 5) is 32.3. The number of nitrogens with one attached hydrogen (secondary N) is 2. The molecule has 0 radical (unpaired) electrons. The second kappa shape index (κ2) is 13.6. The van der Waals surface area contributed by atoms with E-state index in [1.54, 1.807) is 30.3 Å². The summed E-state index contributed by atoms with van der Waals surface area (Å²) < 4.78 is 39.6. The summed E-state index contributed by atoms with van der Waals surface area (Å²) >= 11 is 0. The van der Waals surface area contributed by atoms with Crippen LogP contribution in [0.4, 0.5) is 19.0 Å². The molecule has 1 amide bonds. The van der Waals surface area contributed by atoms with Gasteiger partial charge in [0.05, 0.1) is 17.4 Å². The predicted octanol–water partition coefficient (Wildman–Crippen LogP) is 5.75. The van der Waals surface area contributed by atoms with E-state index in [0.29, 0.717) is 23.2 Å². The first kappa shape index (κ1) is 30.5. The predicted molar refractivity (Wildman–Crippen MR) is 159 cm³/mol. The fourth-order valence-corrected chi connectivity index (χ4v) is 5.97. The minimum absolute atomic E-state index is 0.102. The Morgan fingerprint density at radius 1 is 1.07 bits per heavy atom. The third-order valence-corrected chi connectivity index (χ3v) is 8.33. The number of pyridine rings is 1. The maximum absolute atomic E-state index is 13.2. The molecule has 1 aromatic heterocycles. The molecule has 0 spiro atoms. The van der Waals surface area contributed by atoms with Crippen LogP contribution in [0.5, 0.6) is 0 Å². The largest absolute Gasteiger partial charge is 0.481 e. The summed E-state index contributed by atoms with van der Waals surface area (Å²) in [6.07, 6.45) is 1.14. The number of benzene rings is 2. The molecule has 2 atom stereocenters. The molecule has 2 aliphatic rings. The van der Waals surface area contributed by atoms with E-state index in [1.165, 1.54) is 11.6 Å². The van der Waals surface area contributed by atoms with Gasteiger partial charge >= 0.3 is 12.1 Å². The number of nitrogens with zero attached hydrogens (tertiary/aromatic N) is 2. The molecule has 3 heterocycles. The number of amides is 1. The molecule has 0 saturated carbocycles. The van der Waals surface area contributed by atoms with Gasteiger partial charge in [0.2, 0.25) is 5.91 Å². The molecule has 3 aromatic rings. The number of likely N-dealkylation sites (tertiary alicyclic amines) is 1. The topological polar surface area (TPSA) is 94.6 Å². The lowest BCUT2D eigenvalue weighted by molar-refractivity contribution is -0.139. The average molecular weight is 595 g/mol. The second-order valence-corrected chi connectivity index (χ2v) is 11.4. The highest BCUT2D eigenvalue weighted by Gasteiger charge is 2.31. The van der Waals surface area contributed by atoms with Crippen LogP contribution >= 0.6 is 0 Å². The van der Waals surface area contributed by atoms with Gasteiger partial charge in [0.1, 0.15) is 5.82 Å². The number of alkyl halides is 3. The van der Waals surface area contributed by atoms with Gasteiger partial charge in [-0.25, -0.2) is 4.98 Å². The van der Waals surface area contributed by atoms with Crippen molar-refractivity contribution in [3.05, 3.63) is 83.0 Å². The summed E-state index contributed by atoms with van der Waals surface area (Å²) in [5.41, 5.74) is 2.80. The highest BCUT2D eigenvalue weighted by Crippen LogP contribution is 2.33. The summed E-state index contributed by atoms with van der Waals surface area (Å²) in [6.45, 7) is 3.25. The Balaban J connectivity index is 1.15. The Labute approximate surface area is 249 Å². The highest BCUT2D eigenvalue weighted by atomic mass is 19.4. The molecule has 0 bridgehead atoms. The Kier molecular flexibility index (Phi) is 9.65. The van der Waals surface area contributed by atoms with Crippen LogP contribution in [0.1, 0.15) is 54.0 Å². The summed E-state index contributed by atoms with van der Waals surface area (Å²) in [6, 6.07) is 15.7. The second-order valence-electron chi connectivity index (χ2n) is 11.4. The number of rotatable bonds is 10. The van der Waals surface area contributed by atoms with Gasteiger partial charge in [0.15, 0.2) is 0 Å². The standard InChI is InChI=1S/C33H37F3N4O3/c34-33(35,36)27-11-2-7-24(19-27)23-6-1-8-25(18-23)29(32(42)43)20-38-31(41)26-10-4-16-40(21-26)17-5-12-28-14-13-22-9-3-15-37-30(22)39-28/h1-2,6-8,11,13-14,18-19,26,29H,3-5,9-10,12,15-17,20-21H2,(H,37,39)(H,38,41)(H,42,43)/t26-,29+/m1/s1. The molecule has 7 nitrogen and oxygen atoms in total. The lowest BCUT2D eigenvalue weighted by atomic mass is 9.93. The number of aryl methyl sites for hydroxylation is 2. The number of aliphatic carboxylic acids is 1. The van der Waals surface area contributed by atoms with Crippen molar-refractivity contribution >= 4 is 17.7 Å². The van der Waals surface area contributed by atoms with Crippen molar-refractivity contribution in [3.8, 4) is 11.1 Å². The zero-order valence-electron chi connectivity index (χ0n) is 24.0. The molecule has 43 heavy (non-hydrogen) atoms. The number of carbonyl (C=O) groups excluding carboxylic acids is 1. The molecule has 3 N–H and O–H groups in total. The van der Waals surface area contributed by atoms with Crippen molar-refractivity contribution in [1.29, 1.82) is 0 Å². The van der Waals surface area contributed by atoms with Crippen LogP contribution in [0.2, 0.25) is 0 Å². The van der Waals surface area contributed by atoms with E-state index >= 15 is 0 Å². The molecular weight excluding hydrogens is 557 g/mol. The number of piperidine rings is 1. The van der Waals surface area contributed by atoms with Crippen molar-refractivity contribution in [2.75, 3.05) is 38.0 Å². The molecule has 228 valence electrons. The molecular formula is C33H37F3N4O3. The Hall–Kier alpha value is -3.92. The van der Waals surface area contributed by atoms with Gasteiger partial charge in [0, 0.05) is 25.3 Å². The molecule has 10 heteroatoms. The number of carboxylic acids is 1. The van der Waals surface area contributed by atoms with Crippen molar-refractivity contribution in [2.24, 2.45) is 5.92 Å². The fraction of sp³-hybridized carbons (Fsp3) is 0.424. The van der Waals surface area contributed by atoms with Crippen molar-refractivity contribution in [1.82, 2.24) is 15.2 Å².